The van der Waals surface area contributed by atoms with Crippen molar-refractivity contribution >= 4 is 33.0 Å². The maximum atomic E-state index is 6.88. The summed E-state index contributed by atoms with van der Waals surface area (Å²) in [4.78, 5) is 5.24. The highest BCUT2D eigenvalue weighted by atomic mass is 16.3. The molecule has 2 aromatic heterocycles. The summed E-state index contributed by atoms with van der Waals surface area (Å²) in [6, 6.07) is 56.8. The number of imidazole rings is 1. The van der Waals surface area contributed by atoms with Crippen molar-refractivity contribution in [1.82, 2.24) is 9.55 Å². The van der Waals surface area contributed by atoms with Crippen LogP contribution in [0.25, 0.3) is 72.3 Å². The maximum absolute atomic E-state index is 6.88. The van der Waals surface area contributed by atoms with Crippen LogP contribution in [0.3, 0.4) is 0 Å². The molecule has 1 spiro atoms. The molecule has 11 rings (SSSR count). The lowest BCUT2D eigenvalue weighted by Gasteiger charge is -2.30. The van der Waals surface area contributed by atoms with E-state index in [1.165, 1.54) is 38.9 Å². The Hall–Kier alpha value is -6.19. The van der Waals surface area contributed by atoms with Crippen LogP contribution >= 0.6 is 0 Å². The summed E-state index contributed by atoms with van der Waals surface area (Å²) in [5, 5.41) is 2.27. The van der Waals surface area contributed by atoms with Crippen LogP contribution < -0.4 is 0 Å². The van der Waals surface area contributed by atoms with Gasteiger partial charge < -0.3 is 4.42 Å². The highest BCUT2D eigenvalue weighted by molar-refractivity contribution is 6.14. The van der Waals surface area contributed by atoms with Gasteiger partial charge in [-0.1, -0.05) is 133 Å². The highest BCUT2D eigenvalue weighted by Crippen LogP contribution is 2.65. The van der Waals surface area contributed by atoms with Crippen molar-refractivity contribution in [2.75, 3.05) is 0 Å². The summed E-state index contributed by atoms with van der Waals surface area (Å²) in [6.07, 6.45) is 0. The topological polar surface area (TPSA) is 31.0 Å². The van der Waals surface area contributed by atoms with Gasteiger partial charge in [-0.2, -0.15) is 0 Å². The van der Waals surface area contributed by atoms with E-state index in [2.05, 4.69) is 162 Å². The second-order valence-corrected chi connectivity index (χ2v) is 12.6. The van der Waals surface area contributed by atoms with E-state index >= 15 is 0 Å². The van der Waals surface area contributed by atoms with Crippen LogP contribution in [0.1, 0.15) is 22.3 Å². The first-order valence-corrected chi connectivity index (χ1v) is 16.2. The molecule has 0 saturated carbocycles. The fourth-order valence-electron chi connectivity index (χ4n) is 8.66. The van der Waals surface area contributed by atoms with Gasteiger partial charge in [0, 0.05) is 27.5 Å². The van der Waals surface area contributed by atoms with Gasteiger partial charge in [-0.15, -0.1) is 0 Å². The molecule has 0 saturated heterocycles. The third-order valence-electron chi connectivity index (χ3n) is 10.4. The first-order valence-electron chi connectivity index (χ1n) is 16.2. The Kier molecular flexibility index (Phi) is 4.78. The molecule has 3 nitrogen and oxygen atoms in total. The molecule has 0 unspecified atom stereocenters. The molecule has 3 heteroatoms. The molecule has 218 valence electrons. The average Bonchev–Trinajstić information content (AvgIpc) is 3.87. The van der Waals surface area contributed by atoms with Crippen molar-refractivity contribution in [3.8, 4) is 39.3 Å². The van der Waals surface area contributed by atoms with E-state index in [1.807, 2.05) is 0 Å². The third-order valence-corrected chi connectivity index (χ3v) is 10.4. The van der Waals surface area contributed by atoms with Gasteiger partial charge in [-0.25, -0.2) is 4.98 Å². The summed E-state index contributed by atoms with van der Waals surface area (Å²) >= 11 is 0. The van der Waals surface area contributed by atoms with E-state index in [0.29, 0.717) is 0 Å². The van der Waals surface area contributed by atoms with Gasteiger partial charge in [0.05, 0.1) is 22.1 Å². The van der Waals surface area contributed by atoms with E-state index in [0.717, 1.165) is 55.6 Å². The number of benzene rings is 7. The molecular formula is C44H26N2O. The summed E-state index contributed by atoms with van der Waals surface area (Å²) < 4.78 is 9.24. The Balaban J connectivity index is 1.36. The molecule has 0 amide bonds. The number of fused-ring (bicyclic) bond motifs is 15. The van der Waals surface area contributed by atoms with Crippen LogP contribution in [0.5, 0.6) is 0 Å². The number of para-hydroxylation sites is 3. The summed E-state index contributed by atoms with van der Waals surface area (Å²) in [5.74, 6) is 0.923. The summed E-state index contributed by atoms with van der Waals surface area (Å²) in [7, 11) is 0. The van der Waals surface area contributed by atoms with Crippen molar-refractivity contribution in [3.05, 3.63) is 180 Å². The standard InChI is InChI=1S/C44H26N2O/c1-2-13-27(14-3-1)43-45-36-21-9-10-22-37(36)46(43)38-23-12-20-34-40(38)41-35(26-25-31-30-17-6-11-24-39(30)47-42(31)41)44(34)32-18-7-4-15-28(32)29-16-5-8-19-33(29)44/h1-26H. The lowest BCUT2D eigenvalue weighted by atomic mass is 9.70. The predicted molar refractivity (Wildman–Crippen MR) is 190 cm³/mol. The van der Waals surface area contributed by atoms with Gasteiger partial charge in [0.2, 0.25) is 0 Å². The molecule has 0 aliphatic heterocycles. The summed E-state index contributed by atoms with van der Waals surface area (Å²) in [6.45, 7) is 0. The molecule has 0 bridgehead atoms. The van der Waals surface area contributed by atoms with Gasteiger partial charge in [0.1, 0.15) is 17.0 Å². The van der Waals surface area contributed by atoms with Crippen LogP contribution in [-0.4, -0.2) is 9.55 Å². The van der Waals surface area contributed by atoms with E-state index in [9.17, 15) is 0 Å². The molecule has 7 aromatic carbocycles. The fourth-order valence-corrected chi connectivity index (χ4v) is 8.66. The number of aromatic nitrogens is 2. The van der Waals surface area contributed by atoms with Crippen molar-refractivity contribution in [1.29, 1.82) is 0 Å². The normalized spacial score (nSPS) is 13.7. The predicted octanol–water partition coefficient (Wildman–Crippen LogP) is 10.9. The zero-order chi connectivity index (χ0) is 30.7. The van der Waals surface area contributed by atoms with E-state index < -0.39 is 5.41 Å². The first kappa shape index (κ1) is 25.1. The van der Waals surface area contributed by atoms with Crippen molar-refractivity contribution < 1.29 is 4.42 Å². The van der Waals surface area contributed by atoms with Crippen LogP contribution in [0.2, 0.25) is 0 Å². The van der Waals surface area contributed by atoms with E-state index in [1.54, 1.807) is 0 Å². The number of furan rings is 1. The Morgan fingerprint density at radius 2 is 1.15 bits per heavy atom. The minimum Gasteiger partial charge on any atom is -0.455 e. The smallest absolute Gasteiger partial charge is 0.145 e. The second-order valence-electron chi connectivity index (χ2n) is 12.6. The SMILES string of the molecule is c1ccc(-c2nc3ccccc3n2-c2cccc3c2-c2c(ccc4c2oc2ccccc24)C32c3ccccc3-c3ccccc32)cc1. The van der Waals surface area contributed by atoms with Crippen molar-refractivity contribution in [2.45, 2.75) is 5.41 Å². The Labute approximate surface area is 271 Å². The van der Waals surface area contributed by atoms with E-state index in [4.69, 9.17) is 9.40 Å². The molecule has 0 fully saturated rings. The first-order chi connectivity index (χ1) is 23.3. The van der Waals surface area contributed by atoms with Crippen LogP contribution in [0.15, 0.2) is 162 Å². The lowest BCUT2D eigenvalue weighted by Crippen LogP contribution is -2.25. The van der Waals surface area contributed by atoms with Crippen molar-refractivity contribution in [3.63, 3.8) is 0 Å². The molecule has 47 heavy (non-hydrogen) atoms. The monoisotopic (exact) mass is 598 g/mol. The Bertz CT molecular complexity index is 2700. The Morgan fingerprint density at radius 3 is 1.98 bits per heavy atom. The van der Waals surface area contributed by atoms with Crippen molar-refractivity contribution in [2.24, 2.45) is 0 Å². The highest BCUT2D eigenvalue weighted by Gasteiger charge is 2.53. The molecule has 2 aliphatic rings. The zero-order valence-electron chi connectivity index (χ0n) is 25.3. The minimum atomic E-state index is -0.496. The summed E-state index contributed by atoms with van der Waals surface area (Å²) in [5.41, 5.74) is 15.6. The molecular weight excluding hydrogens is 572 g/mol. The molecule has 0 N–H and O–H groups in total. The number of nitrogens with zero attached hydrogens (tertiary/aromatic N) is 2. The lowest BCUT2D eigenvalue weighted by molar-refractivity contribution is 0.669. The molecule has 0 atom stereocenters. The molecule has 2 aliphatic carbocycles. The Morgan fingerprint density at radius 1 is 0.489 bits per heavy atom. The van der Waals surface area contributed by atoms with Crippen LogP contribution in [0.4, 0.5) is 0 Å². The number of hydrogen-bond acceptors (Lipinski definition) is 2. The second kappa shape index (κ2) is 8.96. The fraction of sp³-hybridized carbons (Fsp3) is 0.0227. The maximum Gasteiger partial charge on any atom is 0.145 e. The minimum absolute atomic E-state index is 0.496. The number of hydrogen-bond donors (Lipinski definition) is 0. The van der Waals surface area contributed by atoms with E-state index in [-0.39, 0.29) is 0 Å². The molecule has 2 heterocycles. The largest absolute Gasteiger partial charge is 0.455 e. The van der Waals surface area contributed by atoms with Crippen LogP contribution in [-0.2, 0) is 5.41 Å². The van der Waals surface area contributed by atoms with Gasteiger partial charge in [0.15, 0.2) is 0 Å². The van der Waals surface area contributed by atoms with Gasteiger partial charge in [-0.3, -0.25) is 4.57 Å². The average molecular weight is 599 g/mol. The quantitative estimate of drug-likeness (QED) is 0.198. The van der Waals surface area contributed by atoms with Gasteiger partial charge in [-0.05, 0) is 57.6 Å². The molecule has 9 aromatic rings. The van der Waals surface area contributed by atoms with Crippen LogP contribution in [0, 0.1) is 0 Å². The number of rotatable bonds is 2. The zero-order valence-corrected chi connectivity index (χ0v) is 25.3. The third kappa shape index (κ3) is 3.04. The molecule has 0 radical (unpaired) electrons. The van der Waals surface area contributed by atoms with Gasteiger partial charge >= 0.3 is 0 Å². The van der Waals surface area contributed by atoms with Gasteiger partial charge in [0.25, 0.3) is 0 Å².